The van der Waals surface area contributed by atoms with E-state index in [1.165, 1.54) is 11.6 Å². The van der Waals surface area contributed by atoms with E-state index in [9.17, 15) is 4.79 Å². The Hall–Kier alpha value is -2.39. The summed E-state index contributed by atoms with van der Waals surface area (Å²) >= 11 is 0. The van der Waals surface area contributed by atoms with Gasteiger partial charge in [0.2, 0.25) is 0 Å². The third-order valence-corrected chi connectivity index (χ3v) is 2.59. The summed E-state index contributed by atoms with van der Waals surface area (Å²) in [5, 5.41) is 0. The van der Waals surface area contributed by atoms with Gasteiger partial charge in [-0.1, -0.05) is 54.6 Å². The molecular weight excluding hydrogens is 224 g/mol. The van der Waals surface area contributed by atoms with Gasteiger partial charge in [0.15, 0.2) is 0 Å². The van der Waals surface area contributed by atoms with Gasteiger partial charge in [0.25, 0.3) is 5.91 Å². The number of benzene rings is 2. The average Bonchev–Trinajstić information content (AvgIpc) is 2.46. The smallest absolute Gasteiger partial charge is 0.257 e. The molecule has 0 aliphatic heterocycles. The van der Waals surface area contributed by atoms with Crippen molar-refractivity contribution in [1.29, 1.82) is 0 Å². The molecule has 18 heavy (non-hydrogen) atoms. The third-order valence-electron chi connectivity index (χ3n) is 2.59. The number of carbonyl (C=O) groups excluding carboxylic acids is 1. The van der Waals surface area contributed by atoms with Crippen LogP contribution in [0.4, 0.5) is 0 Å². The maximum absolute atomic E-state index is 11.0. The fourth-order valence-electron chi connectivity index (χ4n) is 1.64. The number of rotatable bonds is 3. The minimum atomic E-state index is -0.317. The van der Waals surface area contributed by atoms with Crippen molar-refractivity contribution >= 4 is 12.0 Å². The van der Waals surface area contributed by atoms with Gasteiger partial charge in [-0.05, 0) is 22.8 Å². The minimum Gasteiger partial charge on any atom is -0.291 e. The van der Waals surface area contributed by atoms with Crippen molar-refractivity contribution in [1.82, 2.24) is 5.43 Å². The number of amides is 1. The van der Waals surface area contributed by atoms with Crippen molar-refractivity contribution in [2.24, 2.45) is 5.84 Å². The molecule has 0 bridgehead atoms. The highest BCUT2D eigenvalue weighted by atomic mass is 16.2. The highest BCUT2D eigenvalue weighted by Crippen LogP contribution is 2.19. The van der Waals surface area contributed by atoms with Crippen LogP contribution in [-0.4, -0.2) is 5.91 Å². The van der Waals surface area contributed by atoms with Gasteiger partial charge in [0.1, 0.15) is 0 Å². The Morgan fingerprint density at radius 2 is 1.56 bits per heavy atom. The average molecular weight is 238 g/mol. The predicted molar refractivity (Wildman–Crippen MR) is 73.2 cm³/mol. The van der Waals surface area contributed by atoms with Gasteiger partial charge in [-0.3, -0.25) is 10.2 Å². The van der Waals surface area contributed by atoms with Crippen LogP contribution in [0.2, 0.25) is 0 Å². The zero-order valence-corrected chi connectivity index (χ0v) is 9.84. The van der Waals surface area contributed by atoms with Crippen LogP contribution >= 0.6 is 0 Å². The molecule has 0 aliphatic carbocycles. The van der Waals surface area contributed by atoms with E-state index in [1.54, 1.807) is 6.08 Å². The van der Waals surface area contributed by atoms with Crippen molar-refractivity contribution in [3.8, 4) is 11.1 Å². The van der Waals surface area contributed by atoms with Crippen LogP contribution in [-0.2, 0) is 4.79 Å². The molecule has 0 spiro atoms. The summed E-state index contributed by atoms with van der Waals surface area (Å²) in [6.07, 6.45) is 3.12. The number of carbonyl (C=O) groups is 1. The lowest BCUT2D eigenvalue weighted by atomic mass is 10.0. The molecule has 2 aromatic rings. The topological polar surface area (TPSA) is 55.1 Å². The normalized spacial score (nSPS) is 10.5. The van der Waals surface area contributed by atoms with Crippen LogP contribution in [0.25, 0.3) is 17.2 Å². The molecule has 2 rings (SSSR count). The summed E-state index contributed by atoms with van der Waals surface area (Å²) in [7, 11) is 0. The summed E-state index contributed by atoms with van der Waals surface area (Å²) in [6, 6.07) is 18.1. The molecule has 0 aliphatic rings. The van der Waals surface area contributed by atoms with E-state index in [1.807, 2.05) is 47.9 Å². The fourth-order valence-corrected chi connectivity index (χ4v) is 1.64. The van der Waals surface area contributed by atoms with E-state index in [-0.39, 0.29) is 5.91 Å². The molecule has 3 heteroatoms. The molecule has 0 atom stereocenters. The maximum atomic E-state index is 11.0. The molecule has 1 amide bonds. The molecule has 2 aromatic carbocycles. The zero-order chi connectivity index (χ0) is 12.8. The van der Waals surface area contributed by atoms with Crippen molar-refractivity contribution in [2.45, 2.75) is 0 Å². The quantitative estimate of drug-likeness (QED) is 0.373. The van der Waals surface area contributed by atoms with E-state index in [0.717, 1.165) is 11.1 Å². The van der Waals surface area contributed by atoms with Crippen molar-refractivity contribution in [2.75, 3.05) is 0 Å². The van der Waals surface area contributed by atoms with Gasteiger partial charge >= 0.3 is 0 Å². The van der Waals surface area contributed by atoms with Crippen molar-refractivity contribution < 1.29 is 4.79 Å². The van der Waals surface area contributed by atoms with Gasteiger partial charge in [0.05, 0.1) is 0 Å². The molecular formula is C15H14N2O. The van der Waals surface area contributed by atoms with Crippen LogP contribution in [0.1, 0.15) is 5.56 Å². The Morgan fingerprint density at radius 1 is 0.944 bits per heavy atom. The molecule has 0 saturated heterocycles. The Labute approximate surface area is 106 Å². The number of hydrazine groups is 1. The first kappa shape index (κ1) is 12.1. The standard InChI is InChI=1S/C15H14N2O/c16-17-15(18)11-8-12-6-9-14(10-7-12)13-4-2-1-3-5-13/h1-11H,16H2,(H,17,18)/b11-8+. The number of nitrogens with one attached hydrogen (secondary N) is 1. The molecule has 3 N–H and O–H groups in total. The summed E-state index contributed by atoms with van der Waals surface area (Å²) in [5.41, 5.74) is 5.33. The van der Waals surface area contributed by atoms with Gasteiger partial charge in [-0.25, -0.2) is 5.84 Å². The minimum absolute atomic E-state index is 0.317. The molecule has 0 heterocycles. The highest BCUT2D eigenvalue weighted by molar-refractivity contribution is 5.91. The number of nitrogens with two attached hydrogens (primary N) is 1. The number of hydrogen-bond donors (Lipinski definition) is 2. The summed E-state index contributed by atoms with van der Waals surface area (Å²) in [4.78, 5) is 11.0. The highest BCUT2D eigenvalue weighted by Gasteiger charge is 1.96. The monoisotopic (exact) mass is 238 g/mol. The molecule has 0 unspecified atom stereocenters. The first-order chi connectivity index (χ1) is 8.79. The third kappa shape index (κ3) is 3.06. The van der Waals surface area contributed by atoms with E-state index < -0.39 is 0 Å². The Morgan fingerprint density at radius 3 is 2.17 bits per heavy atom. The molecule has 0 radical (unpaired) electrons. The lowest BCUT2D eigenvalue weighted by molar-refractivity contribution is -0.116. The van der Waals surface area contributed by atoms with Crippen LogP contribution in [0.5, 0.6) is 0 Å². The molecule has 0 aromatic heterocycles. The second-order valence-electron chi connectivity index (χ2n) is 3.83. The molecule has 0 fully saturated rings. The summed E-state index contributed by atoms with van der Waals surface area (Å²) < 4.78 is 0. The lowest BCUT2D eigenvalue weighted by Gasteiger charge is -2.01. The maximum Gasteiger partial charge on any atom is 0.257 e. The number of hydrogen-bond acceptors (Lipinski definition) is 2. The molecule has 0 saturated carbocycles. The van der Waals surface area contributed by atoms with E-state index in [4.69, 9.17) is 5.84 Å². The SMILES string of the molecule is NNC(=O)/C=C/c1ccc(-c2ccccc2)cc1. The molecule has 3 nitrogen and oxygen atoms in total. The van der Waals surface area contributed by atoms with Crippen molar-refractivity contribution in [3.05, 3.63) is 66.2 Å². The first-order valence-corrected chi connectivity index (χ1v) is 5.64. The van der Waals surface area contributed by atoms with Crippen LogP contribution in [0.3, 0.4) is 0 Å². The van der Waals surface area contributed by atoms with Gasteiger partial charge in [-0.2, -0.15) is 0 Å². The molecule has 90 valence electrons. The van der Waals surface area contributed by atoms with Gasteiger partial charge in [-0.15, -0.1) is 0 Å². The summed E-state index contributed by atoms with van der Waals surface area (Å²) in [5.74, 6) is 4.67. The van der Waals surface area contributed by atoms with E-state index in [0.29, 0.717) is 0 Å². The Bertz CT molecular complexity index is 544. The van der Waals surface area contributed by atoms with Crippen LogP contribution < -0.4 is 11.3 Å². The fraction of sp³-hybridized carbons (Fsp3) is 0. The predicted octanol–water partition coefficient (Wildman–Crippen LogP) is 2.36. The van der Waals surface area contributed by atoms with Crippen molar-refractivity contribution in [3.63, 3.8) is 0 Å². The zero-order valence-electron chi connectivity index (χ0n) is 9.84. The van der Waals surface area contributed by atoms with Gasteiger partial charge in [0, 0.05) is 6.08 Å². The second-order valence-corrected chi connectivity index (χ2v) is 3.83. The first-order valence-electron chi connectivity index (χ1n) is 5.64. The Balaban J connectivity index is 2.16. The Kier molecular flexibility index (Phi) is 3.89. The second kappa shape index (κ2) is 5.80. The van der Waals surface area contributed by atoms with E-state index >= 15 is 0 Å². The van der Waals surface area contributed by atoms with Gasteiger partial charge < -0.3 is 0 Å². The summed E-state index contributed by atoms with van der Waals surface area (Å²) in [6.45, 7) is 0. The van der Waals surface area contributed by atoms with Crippen LogP contribution in [0.15, 0.2) is 60.7 Å². The lowest BCUT2D eigenvalue weighted by Crippen LogP contribution is -2.27. The van der Waals surface area contributed by atoms with E-state index in [2.05, 4.69) is 12.1 Å². The largest absolute Gasteiger partial charge is 0.291 e. The van der Waals surface area contributed by atoms with Crippen LogP contribution in [0, 0.1) is 0 Å².